The summed E-state index contributed by atoms with van der Waals surface area (Å²) in [5.41, 5.74) is 0. The lowest BCUT2D eigenvalue weighted by atomic mass is 10.2. The molecule has 1 N–H and O–H groups in total. The normalized spacial score (nSPS) is 28.8. The van der Waals surface area contributed by atoms with Crippen LogP contribution in [-0.4, -0.2) is 32.9 Å². The monoisotopic (exact) mass is 218 g/mol. The molecule has 1 aliphatic rings. The van der Waals surface area contributed by atoms with Crippen LogP contribution in [0.25, 0.3) is 0 Å². The Morgan fingerprint density at radius 2 is 2.15 bits per heavy atom. The minimum absolute atomic E-state index is 0.191. The molecular weight excluding hydrogens is 209 g/mol. The number of hydrogen-bond donors (Lipinski definition) is 1. The largest absolute Gasteiger partial charge is 0.407 e. The van der Waals surface area contributed by atoms with Gasteiger partial charge in [0.05, 0.1) is 6.10 Å². The van der Waals surface area contributed by atoms with Gasteiger partial charge in [0.15, 0.2) is 16.3 Å². The standard InChI is InChI=1S/C6H9F3O3S/c7-6(8,9)5(13(10)11)4-2-1-3-12-4/h4-5H,1-3H2,(H,10,11). The van der Waals surface area contributed by atoms with E-state index in [1.165, 1.54) is 0 Å². The van der Waals surface area contributed by atoms with Gasteiger partial charge in [0, 0.05) is 6.61 Å². The summed E-state index contributed by atoms with van der Waals surface area (Å²) in [6.45, 7) is 0.231. The first-order valence-electron chi connectivity index (χ1n) is 3.71. The summed E-state index contributed by atoms with van der Waals surface area (Å²) in [5.74, 6) is 0. The number of alkyl halides is 3. The first-order chi connectivity index (χ1) is 5.93. The summed E-state index contributed by atoms with van der Waals surface area (Å²) in [7, 11) is 0. The van der Waals surface area contributed by atoms with Gasteiger partial charge < -0.3 is 9.29 Å². The lowest BCUT2D eigenvalue weighted by Crippen LogP contribution is -2.42. The first kappa shape index (κ1) is 10.9. The summed E-state index contributed by atoms with van der Waals surface area (Å²) >= 11 is -2.91. The van der Waals surface area contributed by atoms with Crippen LogP contribution in [0.2, 0.25) is 0 Å². The van der Waals surface area contributed by atoms with Gasteiger partial charge in [-0.1, -0.05) is 0 Å². The van der Waals surface area contributed by atoms with E-state index in [1.54, 1.807) is 0 Å². The number of rotatable bonds is 2. The third kappa shape index (κ3) is 2.65. The lowest BCUT2D eigenvalue weighted by Gasteiger charge is -2.21. The van der Waals surface area contributed by atoms with E-state index in [4.69, 9.17) is 9.29 Å². The molecule has 1 rings (SSSR count). The van der Waals surface area contributed by atoms with Crippen molar-refractivity contribution >= 4 is 11.1 Å². The van der Waals surface area contributed by atoms with Crippen LogP contribution in [-0.2, 0) is 15.8 Å². The van der Waals surface area contributed by atoms with Gasteiger partial charge in [-0.3, -0.25) is 0 Å². The predicted octanol–water partition coefficient (Wildman–Crippen LogP) is 1.32. The van der Waals surface area contributed by atoms with Gasteiger partial charge in [0.25, 0.3) is 0 Å². The van der Waals surface area contributed by atoms with Gasteiger partial charge in [-0.15, -0.1) is 0 Å². The molecule has 3 nitrogen and oxygen atoms in total. The molecule has 0 aromatic rings. The molecule has 1 aliphatic heterocycles. The van der Waals surface area contributed by atoms with Crippen LogP contribution in [0.1, 0.15) is 12.8 Å². The average Bonchev–Trinajstić information content (AvgIpc) is 2.34. The highest BCUT2D eigenvalue weighted by Gasteiger charge is 2.50. The van der Waals surface area contributed by atoms with Crippen molar-refractivity contribution < 1.29 is 26.7 Å². The van der Waals surface area contributed by atoms with E-state index in [-0.39, 0.29) is 13.0 Å². The molecule has 0 aromatic carbocycles. The van der Waals surface area contributed by atoms with Crippen LogP contribution in [0.4, 0.5) is 13.2 Å². The highest BCUT2D eigenvalue weighted by molar-refractivity contribution is 7.80. The third-order valence-corrected chi connectivity index (χ3v) is 2.85. The van der Waals surface area contributed by atoms with E-state index in [2.05, 4.69) is 0 Å². The minimum Gasteiger partial charge on any atom is -0.377 e. The molecule has 0 aromatic heterocycles. The molecular formula is C6H9F3O3S. The van der Waals surface area contributed by atoms with E-state index in [1.807, 2.05) is 0 Å². The summed E-state index contributed by atoms with van der Waals surface area (Å²) in [4.78, 5) is 0. The van der Waals surface area contributed by atoms with Crippen molar-refractivity contribution in [3.63, 3.8) is 0 Å². The zero-order valence-corrected chi connectivity index (χ0v) is 7.40. The molecule has 1 fully saturated rings. The Hall–Kier alpha value is -0.140. The Kier molecular flexibility index (Phi) is 3.31. The second kappa shape index (κ2) is 3.93. The molecule has 7 heteroatoms. The van der Waals surface area contributed by atoms with Crippen molar-refractivity contribution in [2.45, 2.75) is 30.4 Å². The van der Waals surface area contributed by atoms with Gasteiger partial charge in [0.2, 0.25) is 0 Å². The van der Waals surface area contributed by atoms with E-state index in [0.29, 0.717) is 6.42 Å². The Bertz CT molecular complexity index is 200. The molecule has 3 atom stereocenters. The second-order valence-electron chi connectivity index (χ2n) is 2.79. The number of ether oxygens (including phenoxy) is 1. The van der Waals surface area contributed by atoms with Crippen molar-refractivity contribution in [2.75, 3.05) is 6.61 Å². The fourth-order valence-corrected chi connectivity index (χ4v) is 2.00. The predicted molar refractivity (Wildman–Crippen MR) is 39.6 cm³/mol. The van der Waals surface area contributed by atoms with Crippen LogP contribution in [0, 0.1) is 0 Å². The third-order valence-electron chi connectivity index (χ3n) is 1.84. The lowest BCUT2D eigenvalue weighted by molar-refractivity contribution is -0.150. The van der Waals surface area contributed by atoms with E-state index < -0.39 is 28.6 Å². The highest BCUT2D eigenvalue weighted by atomic mass is 32.2. The summed E-state index contributed by atoms with van der Waals surface area (Å²) < 4.78 is 60.2. The topological polar surface area (TPSA) is 46.5 Å². The number of hydrogen-bond acceptors (Lipinski definition) is 2. The molecule has 0 aliphatic carbocycles. The zero-order chi connectivity index (χ0) is 10.1. The van der Waals surface area contributed by atoms with Crippen molar-refractivity contribution in [3.05, 3.63) is 0 Å². The van der Waals surface area contributed by atoms with Crippen LogP contribution >= 0.6 is 0 Å². The molecule has 78 valence electrons. The van der Waals surface area contributed by atoms with E-state index >= 15 is 0 Å². The molecule has 0 spiro atoms. The second-order valence-corrected chi connectivity index (χ2v) is 3.85. The molecule has 3 unspecified atom stereocenters. The first-order valence-corrected chi connectivity index (χ1v) is 4.88. The molecule has 0 bridgehead atoms. The van der Waals surface area contributed by atoms with Crippen LogP contribution in [0.5, 0.6) is 0 Å². The van der Waals surface area contributed by atoms with E-state index in [0.717, 1.165) is 0 Å². The quantitative estimate of drug-likeness (QED) is 0.711. The average molecular weight is 218 g/mol. The maximum absolute atomic E-state index is 12.2. The summed E-state index contributed by atoms with van der Waals surface area (Å²) in [6.07, 6.45) is -5.13. The fraction of sp³-hybridized carbons (Fsp3) is 1.00. The zero-order valence-electron chi connectivity index (χ0n) is 6.58. The van der Waals surface area contributed by atoms with Crippen LogP contribution in [0.3, 0.4) is 0 Å². The maximum atomic E-state index is 12.2. The van der Waals surface area contributed by atoms with Crippen LogP contribution < -0.4 is 0 Å². The van der Waals surface area contributed by atoms with Gasteiger partial charge in [-0.25, -0.2) is 4.21 Å². The van der Waals surface area contributed by atoms with Gasteiger partial charge >= 0.3 is 6.18 Å². The van der Waals surface area contributed by atoms with Gasteiger partial charge in [-0.05, 0) is 12.8 Å². The van der Waals surface area contributed by atoms with E-state index in [9.17, 15) is 17.4 Å². The minimum atomic E-state index is -4.67. The smallest absolute Gasteiger partial charge is 0.377 e. The van der Waals surface area contributed by atoms with Crippen LogP contribution in [0.15, 0.2) is 0 Å². The number of halogens is 3. The molecule has 0 radical (unpaired) electrons. The SMILES string of the molecule is O=S(O)C(C1CCCO1)C(F)(F)F. The molecule has 13 heavy (non-hydrogen) atoms. The van der Waals surface area contributed by atoms with Crippen molar-refractivity contribution in [3.8, 4) is 0 Å². The molecule has 1 heterocycles. The van der Waals surface area contributed by atoms with Crippen molar-refractivity contribution in [1.82, 2.24) is 0 Å². The Labute approximate surface area is 75.5 Å². The molecule has 0 amide bonds. The molecule has 1 saturated heterocycles. The van der Waals surface area contributed by atoms with Crippen molar-refractivity contribution in [1.29, 1.82) is 0 Å². The fourth-order valence-electron chi connectivity index (χ4n) is 1.30. The van der Waals surface area contributed by atoms with Crippen molar-refractivity contribution in [2.24, 2.45) is 0 Å². The molecule has 0 saturated carbocycles. The van der Waals surface area contributed by atoms with Gasteiger partial charge in [-0.2, -0.15) is 13.2 Å². The maximum Gasteiger partial charge on any atom is 0.407 e. The Balaban J connectivity index is 2.72. The Morgan fingerprint density at radius 3 is 2.46 bits per heavy atom. The van der Waals surface area contributed by atoms with Gasteiger partial charge in [0.1, 0.15) is 0 Å². The summed E-state index contributed by atoms with van der Waals surface area (Å²) in [6, 6.07) is 0. The highest BCUT2D eigenvalue weighted by Crippen LogP contribution is 2.31. The summed E-state index contributed by atoms with van der Waals surface area (Å²) in [5, 5.41) is -2.27. The Morgan fingerprint density at radius 1 is 1.54 bits per heavy atom.